The maximum atomic E-state index is 12.0. The molecule has 5 N–H and O–H groups in total. The Morgan fingerprint density at radius 1 is 1.43 bits per heavy atom. The number of nitrogens with two attached hydrogens (primary N) is 1. The van der Waals surface area contributed by atoms with Gasteiger partial charge in [-0.05, 0) is 31.2 Å². The quantitative estimate of drug-likeness (QED) is 0.604. The number of H-pyrrole nitrogens is 2. The van der Waals surface area contributed by atoms with Gasteiger partial charge in [-0.3, -0.25) is 15.0 Å². The molecule has 0 saturated heterocycles. The summed E-state index contributed by atoms with van der Waals surface area (Å²) in [5.41, 5.74) is 9.69. The highest BCUT2D eigenvalue weighted by Crippen LogP contribution is 2.21. The minimum atomic E-state index is -0.237. The number of aromatic amines is 2. The molecule has 0 unspecified atom stereocenters. The van der Waals surface area contributed by atoms with Gasteiger partial charge in [0.1, 0.15) is 0 Å². The zero-order valence-corrected chi connectivity index (χ0v) is 12.7. The van der Waals surface area contributed by atoms with Gasteiger partial charge in [-0.1, -0.05) is 13.8 Å². The molecule has 0 saturated carbocycles. The third kappa shape index (κ3) is 3.42. The number of rotatable bonds is 6. The lowest BCUT2D eigenvalue weighted by Crippen LogP contribution is -2.26. The van der Waals surface area contributed by atoms with Crippen LogP contribution in [0.3, 0.4) is 0 Å². The predicted octanol–water partition coefficient (Wildman–Crippen LogP) is 1.51. The first kappa shape index (κ1) is 15.1. The fraction of sp³-hybridized carbons (Fsp3) is 0.500. The summed E-state index contributed by atoms with van der Waals surface area (Å²) >= 11 is 0. The molecule has 2 aromatic rings. The van der Waals surface area contributed by atoms with E-state index in [0.29, 0.717) is 12.2 Å². The maximum absolute atomic E-state index is 12.0. The zero-order chi connectivity index (χ0) is 15.4. The minimum absolute atomic E-state index is 0.211. The number of anilines is 1. The molecule has 0 aromatic carbocycles. The Morgan fingerprint density at radius 2 is 2.19 bits per heavy atom. The van der Waals surface area contributed by atoms with Gasteiger partial charge in [0.05, 0.1) is 17.6 Å². The lowest BCUT2D eigenvalue weighted by atomic mass is 10.1. The van der Waals surface area contributed by atoms with Crippen molar-refractivity contribution in [3.05, 3.63) is 28.8 Å². The normalized spacial score (nSPS) is 11.0. The first-order valence-electron chi connectivity index (χ1n) is 7.11. The summed E-state index contributed by atoms with van der Waals surface area (Å²) in [6.07, 6.45) is 3.53. The number of hydrogen-bond acceptors (Lipinski definition) is 4. The third-order valence-electron chi connectivity index (χ3n) is 3.47. The van der Waals surface area contributed by atoms with Crippen molar-refractivity contribution < 1.29 is 4.79 Å². The Labute approximate surface area is 123 Å². The number of nitrogen functional groups attached to an aromatic ring is 1. The van der Waals surface area contributed by atoms with E-state index in [2.05, 4.69) is 25.7 Å². The molecule has 2 heterocycles. The number of amides is 1. The van der Waals surface area contributed by atoms with Gasteiger partial charge in [-0.15, -0.1) is 0 Å². The largest absolute Gasteiger partial charge is 0.395 e. The van der Waals surface area contributed by atoms with Gasteiger partial charge in [-0.25, -0.2) is 0 Å². The number of aryl methyl sites for hydroxylation is 2. The van der Waals surface area contributed by atoms with E-state index in [0.717, 1.165) is 24.2 Å². The molecule has 0 spiro atoms. The smallest absolute Gasteiger partial charge is 0.273 e. The van der Waals surface area contributed by atoms with Gasteiger partial charge in [0, 0.05) is 12.2 Å². The van der Waals surface area contributed by atoms with E-state index >= 15 is 0 Å². The Morgan fingerprint density at radius 3 is 2.76 bits per heavy atom. The number of carbonyl (C=O) groups is 1. The van der Waals surface area contributed by atoms with Crippen LogP contribution in [0.1, 0.15) is 53.6 Å². The van der Waals surface area contributed by atoms with E-state index in [9.17, 15) is 4.79 Å². The highest BCUT2D eigenvalue weighted by Gasteiger charge is 2.18. The summed E-state index contributed by atoms with van der Waals surface area (Å²) < 4.78 is 0. The van der Waals surface area contributed by atoms with Crippen molar-refractivity contribution >= 4 is 11.6 Å². The highest BCUT2D eigenvalue weighted by molar-refractivity contribution is 5.97. The Bertz CT molecular complexity index is 613. The fourth-order valence-corrected chi connectivity index (χ4v) is 2.17. The van der Waals surface area contributed by atoms with Crippen LogP contribution >= 0.6 is 0 Å². The van der Waals surface area contributed by atoms with Crippen molar-refractivity contribution in [2.75, 3.05) is 12.3 Å². The number of nitrogens with zero attached hydrogens (tertiary/aromatic N) is 2. The van der Waals surface area contributed by atoms with Crippen LogP contribution in [-0.2, 0) is 6.42 Å². The fourth-order valence-electron chi connectivity index (χ4n) is 2.17. The molecule has 0 bridgehead atoms. The molecule has 1 amide bonds. The highest BCUT2D eigenvalue weighted by atomic mass is 16.1. The molecule has 21 heavy (non-hydrogen) atoms. The molecule has 0 radical (unpaired) electrons. The van der Waals surface area contributed by atoms with Crippen LogP contribution in [0, 0.1) is 6.92 Å². The number of aromatic nitrogens is 4. The van der Waals surface area contributed by atoms with Gasteiger partial charge in [0.25, 0.3) is 5.91 Å². The van der Waals surface area contributed by atoms with E-state index in [-0.39, 0.29) is 17.5 Å². The summed E-state index contributed by atoms with van der Waals surface area (Å²) in [5.74, 6) is -0.0253. The SMILES string of the molecule is Cc1[nH]ncc1CCCNC(=O)c1n[nH]c(C(C)C)c1N. The molecule has 0 fully saturated rings. The maximum Gasteiger partial charge on any atom is 0.273 e. The molecule has 0 aliphatic carbocycles. The number of hydrogen-bond donors (Lipinski definition) is 4. The van der Waals surface area contributed by atoms with Crippen molar-refractivity contribution in [3.8, 4) is 0 Å². The van der Waals surface area contributed by atoms with Crippen LogP contribution in [0.15, 0.2) is 6.20 Å². The summed E-state index contributed by atoms with van der Waals surface area (Å²) in [6.45, 7) is 6.56. The molecule has 7 nitrogen and oxygen atoms in total. The van der Waals surface area contributed by atoms with E-state index in [1.807, 2.05) is 27.0 Å². The molecule has 114 valence electrons. The van der Waals surface area contributed by atoms with Crippen molar-refractivity contribution in [1.82, 2.24) is 25.7 Å². The Kier molecular flexibility index (Phi) is 4.62. The van der Waals surface area contributed by atoms with Crippen LogP contribution in [-0.4, -0.2) is 32.8 Å². The lowest BCUT2D eigenvalue weighted by molar-refractivity contribution is 0.0949. The van der Waals surface area contributed by atoms with Gasteiger partial charge < -0.3 is 11.1 Å². The summed E-state index contributed by atoms with van der Waals surface area (Å²) in [4.78, 5) is 12.0. The van der Waals surface area contributed by atoms with Gasteiger partial charge in [0.15, 0.2) is 5.69 Å². The molecule has 7 heteroatoms. The first-order valence-corrected chi connectivity index (χ1v) is 7.11. The van der Waals surface area contributed by atoms with Gasteiger partial charge in [-0.2, -0.15) is 10.2 Å². The second-order valence-corrected chi connectivity index (χ2v) is 5.43. The average Bonchev–Trinajstić information content (AvgIpc) is 3.01. The first-order chi connectivity index (χ1) is 10.0. The second-order valence-electron chi connectivity index (χ2n) is 5.43. The number of nitrogens with one attached hydrogen (secondary N) is 3. The molecular formula is C14H22N6O. The minimum Gasteiger partial charge on any atom is -0.395 e. The van der Waals surface area contributed by atoms with Crippen molar-refractivity contribution in [2.45, 2.75) is 39.5 Å². The van der Waals surface area contributed by atoms with Crippen LogP contribution in [0.2, 0.25) is 0 Å². The van der Waals surface area contributed by atoms with Crippen molar-refractivity contribution in [2.24, 2.45) is 0 Å². The summed E-state index contributed by atoms with van der Waals surface area (Å²) in [5, 5.41) is 16.5. The van der Waals surface area contributed by atoms with Gasteiger partial charge >= 0.3 is 0 Å². The van der Waals surface area contributed by atoms with Crippen molar-refractivity contribution in [3.63, 3.8) is 0 Å². The van der Waals surface area contributed by atoms with Crippen LogP contribution in [0.4, 0.5) is 5.69 Å². The van der Waals surface area contributed by atoms with E-state index < -0.39 is 0 Å². The topological polar surface area (TPSA) is 112 Å². The molecular weight excluding hydrogens is 268 g/mol. The third-order valence-corrected chi connectivity index (χ3v) is 3.47. The van der Waals surface area contributed by atoms with E-state index in [4.69, 9.17) is 5.73 Å². The van der Waals surface area contributed by atoms with Crippen LogP contribution < -0.4 is 11.1 Å². The van der Waals surface area contributed by atoms with E-state index in [1.165, 1.54) is 5.56 Å². The summed E-state index contributed by atoms with van der Waals surface area (Å²) in [6, 6.07) is 0. The molecule has 0 aliphatic heterocycles. The Hall–Kier alpha value is -2.31. The van der Waals surface area contributed by atoms with Crippen LogP contribution in [0.25, 0.3) is 0 Å². The average molecular weight is 290 g/mol. The standard InChI is InChI=1S/C14H22N6O/c1-8(2)12-11(15)13(20-19-12)14(21)16-6-4-5-10-7-17-18-9(10)3/h7-8H,4-6,15H2,1-3H3,(H,16,21)(H,17,18)(H,19,20). The van der Waals surface area contributed by atoms with Crippen LogP contribution in [0.5, 0.6) is 0 Å². The van der Waals surface area contributed by atoms with E-state index in [1.54, 1.807) is 0 Å². The molecule has 2 aromatic heterocycles. The molecule has 0 atom stereocenters. The lowest BCUT2D eigenvalue weighted by Gasteiger charge is -2.05. The van der Waals surface area contributed by atoms with Gasteiger partial charge in [0.2, 0.25) is 0 Å². The monoisotopic (exact) mass is 290 g/mol. The summed E-state index contributed by atoms with van der Waals surface area (Å²) in [7, 11) is 0. The number of carbonyl (C=O) groups excluding carboxylic acids is 1. The Balaban J connectivity index is 1.84. The predicted molar refractivity (Wildman–Crippen MR) is 81.1 cm³/mol. The zero-order valence-electron chi connectivity index (χ0n) is 12.7. The van der Waals surface area contributed by atoms with Crippen molar-refractivity contribution in [1.29, 1.82) is 0 Å². The molecule has 0 aliphatic rings. The molecule has 2 rings (SSSR count). The second kappa shape index (κ2) is 6.43.